The highest BCUT2D eigenvalue weighted by molar-refractivity contribution is 7.92. The summed E-state index contributed by atoms with van der Waals surface area (Å²) in [6, 6.07) is 8.64. The van der Waals surface area contributed by atoms with Gasteiger partial charge in [0.05, 0.1) is 31.0 Å². The zero-order valence-electron chi connectivity index (χ0n) is 16.9. The average Bonchev–Trinajstić information content (AvgIpc) is 2.76. The number of hydrogen-bond donors (Lipinski definition) is 2. The molecule has 0 radical (unpaired) electrons. The lowest BCUT2D eigenvalue weighted by Gasteiger charge is -2.26. The van der Waals surface area contributed by atoms with Gasteiger partial charge in [-0.15, -0.1) is 0 Å². The van der Waals surface area contributed by atoms with Gasteiger partial charge in [-0.25, -0.2) is 8.42 Å². The summed E-state index contributed by atoms with van der Waals surface area (Å²) in [5, 5.41) is 3.32. The van der Waals surface area contributed by atoms with Crippen LogP contribution < -0.4 is 14.8 Å². The predicted molar refractivity (Wildman–Crippen MR) is 120 cm³/mol. The van der Waals surface area contributed by atoms with E-state index >= 15 is 0 Å². The summed E-state index contributed by atoms with van der Waals surface area (Å²) in [5.41, 5.74) is 0.317. The normalized spacial score (nSPS) is 14.8. The number of carbonyl (C=O) groups excluding carboxylic acids is 1. The molecule has 0 bridgehead atoms. The molecule has 0 aromatic heterocycles. The van der Waals surface area contributed by atoms with Gasteiger partial charge >= 0.3 is 0 Å². The Labute approximate surface area is 191 Å². The van der Waals surface area contributed by atoms with Crippen molar-refractivity contribution in [2.24, 2.45) is 0 Å². The number of anilines is 1. The maximum atomic E-state index is 13.0. The molecule has 168 valence electrons. The summed E-state index contributed by atoms with van der Waals surface area (Å²) in [6.07, 6.45) is 0. The van der Waals surface area contributed by atoms with Crippen LogP contribution in [0.25, 0.3) is 0 Å². The number of nitrogens with zero attached hydrogens (tertiary/aromatic N) is 1. The number of sulfonamides is 1. The molecule has 1 amide bonds. The molecule has 1 fully saturated rings. The molecule has 8 nitrogen and oxygen atoms in total. The summed E-state index contributed by atoms with van der Waals surface area (Å²) >= 11 is 12.0. The summed E-state index contributed by atoms with van der Waals surface area (Å²) in [6.45, 7) is 4.11. The van der Waals surface area contributed by atoms with Crippen LogP contribution in [0.2, 0.25) is 10.0 Å². The first-order valence-corrected chi connectivity index (χ1v) is 11.8. The smallest absolute Gasteiger partial charge is 0.265 e. The molecule has 1 saturated heterocycles. The molecule has 0 saturated carbocycles. The van der Waals surface area contributed by atoms with Gasteiger partial charge in [-0.05, 0) is 36.4 Å². The fourth-order valence-electron chi connectivity index (χ4n) is 3.06. The van der Waals surface area contributed by atoms with Crippen LogP contribution in [-0.4, -0.2) is 65.7 Å². The maximum Gasteiger partial charge on any atom is 0.265 e. The molecule has 1 aliphatic heterocycles. The van der Waals surface area contributed by atoms with Gasteiger partial charge in [0.15, 0.2) is 0 Å². The lowest BCUT2D eigenvalue weighted by Crippen LogP contribution is -2.41. The molecule has 1 heterocycles. The van der Waals surface area contributed by atoms with Gasteiger partial charge in [0.2, 0.25) is 0 Å². The third kappa shape index (κ3) is 6.24. The molecule has 11 heteroatoms. The minimum Gasteiger partial charge on any atom is -0.495 e. The van der Waals surface area contributed by atoms with Crippen molar-refractivity contribution >= 4 is 44.8 Å². The van der Waals surface area contributed by atoms with Crippen LogP contribution in [0.3, 0.4) is 0 Å². The van der Waals surface area contributed by atoms with Crippen molar-refractivity contribution in [3.05, 3.63) is 52.0 Å². The summed E-state index contributed by atoms with van der Waals surface area (Å²) in [5.74, 6) is -0.288. The number of halogens is 2. The quantitative estimate of drug-likeness (QED) is 0.594. The lowest BCUT2D eigenvalue weighted by molar-refractivity contribution is 0.0383. The number of rotatable bonds is 8. The molecule has 0 atom stereocenters. The second-order valence-electron chi connectivity index (χ2n) is 6.81. The number of morpholine rings is 1. The van der Waals surface area contributed by atoms with Gasteiger partial charge < -0.3 is 14.8 Å². The van der Waals surface area contributed by atoms with Crippen molar-refractivity contribution in [2.45, 2.75) is 4.90 Å². The van der Waals surface area contributed by atoms with E-state index in [0.29, 0.717) is 31.3 Å². The molecule has 1 aliphatic rings. The predicted octanol–water partition coefficient (Wildman–Crippen LogP) is 2.86. The topological polar surface area (TPSA) is 97.0 Å². The number of amides is 1. The Balaban J connectivity index is 1.76. The van der Waals surface area contributed by atoms with Crippen LogP contribution in [0, 0.1) is 0 Å². The Morgan fingerprint density at radius 1 is 1.16 bits per heavy atom. The van der Waals surface area contributed by atoms with Crippen LogP contribution in [0.15, 0.2) is 41.3 Å². The number of nitrogens with one attached hydrogen (secondary N) is 2. The molecule has 0 aliphatic carbocycles. The van der Waals surface area contributed by atoms with Gasteiger partial charge in [0.1, 0.15) is 10.6 Å². The molecule has 3 rings (SSSR count). The number of benzene rings is 2. The van der Waals surface area contributed by atoms with Gasteiger partial charge in [0, 0.05) is 36.8 Å². The summed E-state index contributed by atoms with van der Waals surface area (Å²) in [4.78, 5) is 14.6. The molecular weight excluding hydrogens is 465 g/mol. The van der Waals surface area contributed by atoms with E-state index in [2.05, 4.69) is 14.9 Å². The van der Waals surface area contributed by atoms with E-state index in [1.165, 1.54) is 37.4 Å². The van der Waals surface area contributed by atoms with Gasteiger partial charge in [-0.2, -0.15) is 0 Å². The first-order valence-electron chi connectivity index (χ1n) is 9.54. The van der Waals surface area contributed by atoms with E-state index in [9.17, 15) is 13.2 Å². The molecule has 2 aromatic carbocycles. The van der Waals surface area contributed by atoms with E-state index in [4.69, 9.17) is 32.7 Å². The van der Waals surface area contributed by atoms with Crippen molar-refractivity contribution in [3.8, 4) is 5.75 Å². The van der Waals surface area contributed by atoms with Crippen molar-refractivity contribution in [1.29, 1.82) is 0 Å². The Bertz CT molecular complexity index is 1040. The minimum atomic E-state index is -4.11. The second kappa shape index (κ2) is 10.5. The maximum absolute atomic E-state index is 13.0. The van der Waals surface area contributed by atoms with Crippen molar-refractivity contribution in [1.82, 2.24) is 10.2 Å². The van der Waals surface area contributed by atoms with E-state index in [-0.39, 0.29) is 32.8 Å². The molecule has 31 heavy (non-hydrogen) atoms. The van der Waals surface area contributed by atoms with Crippen LogP contribution >= 0.6 is 23.2 Å². The van der Waals surface area contributed by atoms with E-state index in [1.54, 1.807) is 6.07 Å². The van der Waals surface area contributed by atoms with E-state index < -0.39 is 10.0 Å². The standard InChI is InChI=1S/C20H23Cl2N3O5S/c1-29-18-5-2-14(20(26)23-6-7-25-8-10-30-11-9-25)12-19(18)31(27,28)24-17-13-15(21)3-4-16(17)22/h2-5,12-13,24H,6-11H2,1H3,(H,23,26). The Kier molecular flexibility index (Phi) is 8.01. The summed E-state index contributed by atoms with van der Waals surface area (Å²) < 4.78 is 38.9. The SMILES string of the molecule is COc1ccc(C(=O)NCCN2CCOCC2)cc1S(=O)(=O)Nc1cc(Cl)ccc1Cl. The highest BCUT2D eigenvalue weighted by Gasteiger charge is 2.23. The van der Waals surface area contributed by atoms with Crippen molar-refractivity contribution in [2.75, 3.05) is 51.2 Å². The Morgan fingerprint density at radius 3 is 2.61 bits per heavy atom. The van der Waals surface area contributed by atoms with E-state index in [0.717, 1.165) is 13.1 Å². The van der Waals surface area contributed by atoms with Gasteiger partial charge in [-0.3, -0.25) is 14.4 Å². The zero-order chi connectivity index (χ0) is 22.4. The Hall–Kier alpha value is -2.04. The number of carbonyl (C=O) groups is 1. The highest BCUT2D eigenvalue weighted by atomic mass is 35.5. The van der Waals surface area contributed by atoms with Crippen molar-refractivity contribution in [3.63, 3.8) is 0 Å². The largest absolute Gasteiger partial charge is 0.495 e. The Morgan fingerprint density at radius 2 is 1.90 bits per heavy atom. The molecule has 0 unspecified atom stereocenters. The number of hydrogen-bond acceptors (Lipinski definition) is 6. The third-order valence-corrected chi connectivity index (χ3v) is 6.66. The fourth-order valence-corrected chi connectivity index (χ4v) is 4.72. The van der Waals surface area contributed by atoms with Gasteiger partial charge in [0.25, 0.3) is 15.9 Å². The third-order valence-electron chi connectivity index (χ3n) is 4.71. The fraction of sp³-hybridized carbons (Fsp3) is 0.350. The zero-order valence-corrected chi connectivity index (χ0v) is 19.2. The van der Waals surface area contributed by atoms with Crippen LogP contribution in [0.4, 0.5) is 5.69 Å². The monoisotopic (exact) mass is 487 g/mol. The van der Waals surface area contributed by atoms with E-state index in [1.807, 2.05) is 0 Å². The number of ether oxygens (including phenoxy) is 2. The molecule has 2 N–H and O–H groups in total. The van der Waals surface area contributed by atoms with Crippen LogP contribution in [-0.2, 0) is 14.8 Å². The minimum absolute atomic E-state index is 0.0931. The van der Waals surface area contributed by atoms with Crippen LogP contribution in [0.5, 0.6) is 5.75 Å². The molecular formula is C20H23Cl2N3O5S. The first-order chi connectivity index (χ1) is 14.8. The number of methoxy groups -OCH3 is 1. The second-order valence-corrected chi connectivity index (χ2v) is 9.30. The average molecular weight is 488 g/mol. The summed E-state index contributed by atoms with van der Waals surface area (Å²) in [7, 11) is -2.76. The van der Waals surface area contributed by atoms with Crippen LogP contribution in [0.1, 0.15) is 10.4 Å². The lowest BCUT2D eigenvalue weighted by atomic mass is 10.2. The molecule has 0 spiro atoms. The molecule has 2 aromatic rings. The highest BCUT2D eigenvalue weighted by Crippen LogP contribution is 2.31. The first kappa shape index (κ1) is 23.6. The van der Waals surface area contributed by atoms with Gasteiger partial charge in [-0.1, -0.05) is 23.2 Å². The van der Waals surface area contributed by atoms with Crippen molar-refractivity contribution < 1.29 is 22.7 Å².